The molecular weight excluding hydrogens is 290 g/mol. The molecule has 124 valence electrons. The zero-order chi connectivity index (χ0) is 16.7. The van der Waals surface area contributed by atoms with E-state index >= 15 is 0 Å². The van der Waals surface area contributed by atoms with Crippen molar-refractivity contribution in [3.8, 4) is 0 Å². The molecule has 0 heterocycles. The van der Waals surface area contributed by atoms with Gasteiger partial charge in [-0.1, -0.05) is 48.8 Å². The van der Waals surface area contributed by atoms with Crippen molar-refractivity contribution in [2.45, 2.75) is 51.9 Å². The number of nitrogens with zero attached hydrogens (tertiary/aromatic N) is 1. The van der Waals surface area contributed by atoms with Crippen LogP contribution in [0.2, 0.25) is 0 Å². The molecule has 0 amide bonds. The molecule has 1 aromatic carbocycles. The zero-order valence-corrected chi connectivity index (χ0v) is 13.9. The number of carbonyl (C=O) groups is 1. The standard InChI is InChI=1S/C19H25NO3/c1-3-5-11-16(20-23-4-2)19-17(21)12-15(13-18(19)22)14-9-7-6-8-10-14/h6-10,15,21H,3-5,11-13H2,1-2H3. The second-order valence-electron chi connectivity index (χ2n) is 5.82. The number of aliphatic hydroxyl groups is 1. The summed E-state index contributed by atoms with van der Waals surface area (Å²) in [5.74, 6) is 0.133. The summed E-state index contributed by atoms with van der Waals surface area (Å²) < 4.78 is 0. The maximum absolute atomic E-state index is 12.6. The Hall–Kier alpha value is -2.10. The molecule has 0 radical (unpaired) electrons. The molecule has 1 atom stereocenters. The van der Waals surface area contributed by atoms with Crippen LogP contribution in [0.1, 0.15) is 57.4 Å². The average Bonchev–Trinajstić information content (AvgIpc) is 2.56. The van der Waals surface area contributed by atoms with Crippen LogP contribution in [0.25, 0.3) is 0 Å². The lowest BCUT2D eigenvalue weighted by molar-refractivity contribution is -0.116. The lowest BCUT2D eigenvalue weighted by Crippen LogP contribution is -2.24. The molecule has 0 saturated carbocycles. The fourth-order valence-corrected chi connectivity index (χ4v) is 2.89. The predicted octanol–water partition coefficient (Wildman–Crippen LogP) is 4.53. The highest BCUT2D eigenvalue weighted by Gasteiger charge is 2.31. The van der Waals surface area contributed by atoms with Gasteiger partial charge in [0.25, 0.3) is 0 Å². The van der Waals surface area contributed by atoms with Gasteiger partial charge >= 0.3 is 0 Å². The Bertz CT molecular complexity index is 590. The summed E-state index contributed by atoms with van der Waals surface area (Å²) in [4.78, 5) is 17.7. The van der Waals surface area contributed by atoms with E-state index in [0.717, 1.165) is 18.4 Å². The van der Waals surface area contributed by atoms with Gasteiger partial charge < -0.3 is 9.94 Å². The summed E-state index contributed by atoms with van der Waals surface area (Å²) in [6, 6.07) is 9.87. The monoisotopic (exact) mass is 315 g/mol. The van der Waals surface area contributed by atoms with Crippen LogP contribution in [0.4, 0.5) is 0 Å². The number of ketones is 1. The van der Waals surface area contributed by atoms with Crippen LogP contribution in [-0.4, -0.2) is 23.2 Å². The predicted molar refractivity (Wildman–Crippen MR) is 91.7 cm³/mol. The molecule has 0 fully saturated rings. The van der Waals surface area contributed by atoms with Gasteiger partial charge in [-0.3, -0.25) is 4.79 Å². The first-order chi connectivity index (χ1) is 11.2. The third-order valence-corrected chi connectivity index (χ3v) is 4.07. The van der Waals surface area contributed by atoms with E-state index in [9.17, 15) is 9.90 Å². The van der Waals surface area contributed by atoms with Gasteiger partial charge in [-0.15, -0.1) is 0 Å². The van der Waals surface area contributed by atoms with Crippen LogP contribution in [0.15, 0.2) is 46.8 Å². The van der Waals surface area contributed by atoms with Gasteiger partial charge in [0.2, 0.25) is 0 Å². The number of aliphatic hydroxyl groups excluding tert-OH is 1. The van der Waals surface area contributed by atoms with E-state index < -0.39 is 0 Å². The van der Waals surface area contributed by atoms with Crippen LogP contribution in [0, 0.1) is 0 Å². The van der Waals surface area contributed by atoms with Crippen molar-refractivity contribution in [1.29, 1.82) is 0 Å². The summed E-state index contributed by atoms with van der Waals surface area (Å²) in [5, 5.41) is 14.5. The van der Waals surface area contributed by atoms with Gasteiger partial charge in [0.15, 0.2) is 5.78 Å². The molecular formula is C19H25NO3. The fraction of sp³-hybridized carbons (Fsp3) is 0.474. The van der Waals surface area contributed by atoms with Crippen molar-refractivity contribution in [1.82, 2.24) is 0 Å². The molecule has 0 spiro atoms. The Morgan fingerprint density at radius 3 is 2.61 bits per heavy atom. The number of Topliss-reactive ketones (excluding diaryl/α,β-unsaturated/α-hetero) is 1. The second-order valence-corrected chi connectivity index (χ2v) is 5.82. The maximum Gasteiger partial charge on any atom is 0.168 e. The minimum absolute atomic E-state index is 0.0342. The van der Waals surface area contributed by atoms with Crippen LogP contribution < -0.4 is 0 Å². The first-order valence-corrected chi connectivity index (χ1v) is 8.36. The molecule has 0 aromatic heterocycles. The van der Waals surface area contributed by atoms with Crippen LogP contribution in [0.5, 0.6) is 0 Å². The van der Waals surface area contributed by atoms with E-state index in [-0.39, 0.29) is 17.5 Å². The molecule has 1 aliphatic rings. The number of hydrogen-bond acceptors (Lipinski definition) is 4. The van der Waals surface area contributed by atoms with E-state index in [1.165, 1.54) is 0 Å². The Kier molecular flexibility index (Phi) is 6.39. The SMILES string of the molecule is CCCCC(=NOCC)C1=C(O)CC(c2ccccc2)CC1=O. The van der Waals surface area contributed by atoms with E-state index in [2.05, 4.69) is 12.1 Å². The molecule has 4 nitrogen and oxygen atoms in total. The highest BCUT2D eigenvalue weighted by molar-refractivity contribution is 6.23. The van der Waals surface area contributed by atoms with E-state index in [1.54, 1.807) is 0 Å². The first-order valence-electron chi connectivity index (χ1n) is 8.36. The number of unbranched alkanes of at least 4 members (excludes halogenated alkanes) is 1. The molecule has 1 aromatic rings. The maximum atomic E-state index is 12.6. The molecule has 1 aliphatic carbocycles. The second kappa shape index (κ2) is 8.51. The molecule has 0 aliphatic heterocycles. The van der Waals surface area contributed by atoms with Crippen molar-refractivity contribution in [3.63, 3.8) is 0 Å². The number of oxime groups is 1. The number of carbonyl (C=O) groups excluding carboxylic acids is 1. The highest BCUT2D eigenvalue weighted by Crippen LogP contribution is 2.34. The third-order valence-electron chi connectivity index (χ3n) is 4.07. The molecule has 0 saturated heterocycles. The molecule has 1 N–H and O–H groups in total. The zero-order valence-electron chi connectivity index (χ0n) is 13.9. The van der Waals surface area contributed by atoms with Gasteiger partial charge in [0, 0.05) is 12.8 Å². The summed E-state index contributed by atoms with van der Waals surface area (Å²) >= 11 is 0. The lowest BCUT2D eigenvalue weighted by atomic mass is 9.81. The summed E-state index contributed by atoms with van der Waals surface area (Å²) in [5.41, 5.74) is 2.05. The summed E-state index contributed by atoms with van der Waals surface area (Å²) in [6.07, 6.45) is 3.44. The van der Waals surface area contributed by atoms with Crippen molar-refractivity contribution in [2.24, 2.45) is 5.16 Å². The quantitative estimate of drug-likeness (QED) is 0.594. The Balaban J connectivity index is 2.25. The minimum Gasteiger partial charge on any atom is -0.511 e. The topological polar surface area (TPSA) is 58.9 Å². The van der Waals surface area contributed by atoms with E-state index in [1.807, 2.05) is 37.3 Å². The molecule has 0 bridgehead atoms. The van der Waals surface area contributed by atoms with Crippen molar-refractivity contribution in [2.75, 3.05) is 6.61 Å². The number of allylic oxidation sites excluding steroid dienone is 2. The molecule has 1 unspecified atom stereocenters. The van der Waals surface area contributed by atoms with Crippen molar-refractivity contribution >= 4 is 11.5 Å². The van der Waals surface area contributed by atoms with Gasteiger partial charge in [0.05, 0.1) is 11.3 Å². The van der Waals surface area contributed by atoms with Crippen LogP contribution >= 0.6 is 0 Å². The smallest absolute Gasteiger partial charge is 0.168 e. The third kappa shape index (κ3) is 4.44. The molecule has 2 rings (SSSR count). The Morgan fingerprint density at radius 1 is 1.26 bits per heavy atom. The number of benzene rings is 1. The summed E-state index contributed by atoms with van der Waals surface area (Å²) in [6.45, 7) is 4.38. The minimum atomic E-state index is -0.0443. The van der Waals surface area contributed by atoms with Crippen LogP contribution in [-0.2, 0) is 9.63 Å². The van der Waals surface area contributed by atoms with E-state index in [0.29, 0.717) is 37.2 Å². The van der Waals surface area contributed by atoms with Gasteiger partial charge in [-0.05, 0) is 31.2 Å². The van der Waals surface area contributed by atoms with Gasteiger partial charge in [0.1, 0.15) is 12.4 Å². The van der Waals surface area contributed by atoms with Crippen molar-refractivity contribution < 1.29 is 14.7 Å². The van der Waals surface area contributed by atoms with Crippen LogP contribution in [0.3, 0.4) is 0 Å². The highest BCUT2D eigenvalue weighted by atomic mass is 16.6. The lowest BCUT2D eigenvalue weighted by Gasteiger charge is -2.24. The van der Waals surface area contributed by atoms with E-state index in [4.69, 9.17) is 4.84 Å². The normalized spacial score (nSPS) is 19.1. The summed E-state index contributed by atoms with van der Waals surface area (Å²) in [7, 11) is 0. The molecule has 23 heavy (non-hydrogen) atoms. The van der Waals surface area contributed by atoms with Gasteiger partial charge in [-0.2, -0.15) is 0 Å². The Morgan fingerprint density at radius 2 is 2.00 bits per heavy atom. The first kappa shape index (κ1) is 17.3. The average molecular weight is 315 g/mol. The Labute approximate surface area is 137 Å². The van der Waals surface area contributed by atoms with Crippen molar-refractivity contribution in [3.05, 3.63) is 47.2 Å². The fourth-order valence-electron chi connectivity index (χ4n) is 2.89. The molecule has 4 heteroatoms. The number of hydrogen-bond donors (Lipinski definition) is 1. The largest absolute Gasteiger partial charge is 0.511 e. The number of rotatable bonds is 7. The van der Waals surface area contributed by atoms with Gasteiger partial charge in [-0.25, -0.2) is 0 Å².